The van der Waals surface area contributed by atoms with Crippen LogP contribution in [0, 0.1) is 13.8 Å². The number of nitrogens with zero attached hydrogens (tertiary/aromatic N) is 1. The molecular formula is C13H19NO2. The van der Waals surface area contributed by atoms with Gasteiger partial charge in [-0.1, -0.05) is 12.1 Å². The van der Waals surface area contributed by atoms with Crippen molar-refractivity contribution in [3.63, 3.8) is 0 Å². The summed E-state index contributed by atoms with van der Waals surface area (Å²) in [6.45, 7) is 8.40. The van der Waals surface area contributed by atoms with Crippen molar-refractivity contribution in [3.05, 3.63) is 29.3 Å². The zero-order valence-electron chi connectivity index (χ0n) is 10.3. The molecule has 0 saturated heterocycles. The highest BCUT2D eigenvalue weighted by Crippen LogP contribution is 2.23. The maximum Gasteiger partial charge on any atom is 0.326 e. The van der Waals surface area contributed by atoms with Crippen molar-refractivity contribution >= 4 is 11.7 Å². The molecule has 0 aliphatic rings. The van der Waals surface area contributed by atoms with Crippen LogP contribution in [-0.4, -0.2) is 23.7 Å². The Balaban J connectivity index is 3.12. The number of hydrogen-bond donors (Lipinski definition) is 1. The van der Waals surface area contributed by atoms with Gasteiger partial charge in [0.1, 0.15) is 6.04 Å². The van der Waals surface area contributed by atoms with Gasteiger partial charge in [0, 0.05) is 12.2 Å². The Morgan fingerprint density at radius 1 is 1.44 bits per heavy atom. The fourth-order valence-electron chi connectivity index (χ4n) is 1.82. The molecule has 1 aromatic rings. The van der Waals surface area contributed by atoms with E-state index in [2.05, 4.69) is 0 Å². The van der Waals surface area contributed by atoms with Gasteiger partial charge >= 0.3 is 5.97 Å². The maximum atomic E-state index is 11.0. The Bertz CT molecular complexity index is 388. The summed E-state index contributed by atoms with van der Waals surface area (Å²) in [5, 5.41) is 9.06. The average Bonchev–Trinajstić information content (AvgIpc) is 2.23. The molecule has 88 valence electrons. The van der Waals surface area contributed by atoms with Gasteiger partial charge in [-0.2, -0.15) is 0 Å². The molecule has 0 aliphatic heterocycles. The highest BCUT2D eigenvalue weighted by atomic mass is 16.4. The van der Waals surface area contributed by atoms with Crippen molar-refractivity contribution in [3.8, 4) is 0 Å². The van der Waals surface area contributed by atoms with Gasteiger partial charge in [-0.15, -0.1) is 0 Å². The van der Waals surface area contributed by atoms with E-state index in [0.717, 1.165) is 16.8 Å². The molecule has 0 bridgehead atoms. The Morgan fingerprint density at radius 3 is 2.56 bits per heavy atom. The Labute approximate surface area is 96.7 Å². The van der Waals surface area contributed by atoms with Gasteiger partial charge in [-0.3, -0.25) is 0 Å². The first-order valence-electron chi connectivity index (χ1n) is 5.54. The van der Waals surface area contributed by atoms with Crippen LogP contribution in [0.4, 0.5) is 5.69 Å². The highest BCUT2D eigenvalue weighted by Gasteiger charge is 2.20. The Kier molecular flexibility index (Phi) is 3.93. The minimum absolute atomic E-state index is 0.495. The second kappa shape index (κ2) is 5.01. The van der Waals surface area contributed by atoms with Crippen LogP contribution in [0.2, 0.25) is 0 Å². The number of aliphatic carboxylic acids is 1. The lowest BCUT2D eigenvalue weighted by molar-refractivity contribution is -0.138. The van der Waals surface area contributed by atoms with E-state index in [-0.39, 0.29) is 0 Å². The second-order valence-electron chi connectivity index (χ2n) is 4.09. The molecule has 0 fully saturated rings. The summed E-state index contributed by atoms with van der Waals surface area (Å²) in [7, 11) is 0. The zero-order valence-corrected chi connectivity index (χ0v) is 10.3. The van der Waals surface area contributed by atoms with E-state index in [1.165, 1.54) is 0 Å². The molecule has 0 aromatic heterocycles. The third-order valence-corrected chi connectivity index (χ3v) is 2.84. The molecule has 0 aliphatic carbocycles. The van der Waals surface area contributed by atoms with Crippen LogP contribution in [0.5, 0.6) is 0 Å². The smallest absolute Gasteiger partial charge is 0.326 e. The Morgan fingerprint density at radius 2 is 2.06 bits per heavy atom. The van der Waals surface area contributed by atoms with Crippen molar-refractivity contribution in [2.45, 2.75) is 33.7 Å². The zero-order chi connectivity index (χ0) is 12.3. The van der Waals surface area contributed by atoms with E-state index in [1.54, 1.807) is 6.92 Å². The molecule has 0 radical (unpaired) electrons. The number of carbonyl (C=O) groups is 1. The van der Waals surface area contributed by atoms with Crippen molar-refractivity contribution in [2.24, 2.45) is 0 Å². The molecule has 0 saturated carbocycles. The topological polar surface area (TPSA) is 40.5 Å². The predicted molar refractivity (Wildman–Crippen MR) is 66.0 cm³/mol. The van der Waals surface area contributed by atoms with Gasteiger partial charge in [0.15, 0.2) is 0 Å². The van der Waals surface area contributed by atoms with Crippen LogP contribution in [-0.2, 0) is 4.79 Å². The number of carboxylic acid groups (broad SMARTS) is 1. The lowest BCUT2D eigenvalue weighted by atomic mass is 10.1. The van der Waals surface area contributed by atoms with Gasteiger partial charge in [0.2, 0.25) is 0 Å². The summed E-state index contributed by atoms with van der Waals surface area (Å²) >= 11 is 0. The monoisotopic (exact) mass is 221 g/mol. The van der Waals surface area contributed by atoms with E-state index in [1.807, 2.05) is 43.9 Å². The van der Waals surface area contributed by atoms with Crippen LogP contribution in [0.3, 0.4) is 0 Å². The molecule has 16 heavy (non-hydrogen) atoms. The summed E-state index contributed by atoms with van der Waals surface area (Å²) in [6, 6.07) is 5.61. The molecule has 1 aromatic carbocycles. The Hall–Kier alpha value is -1.51. The van der Waals surface area contributed by atoms with Crippen LogP contribution in [0.25, 0.3) is 0 Å². The largest absolute Gasteiger partial charge is 0.480 e. The van der Waals surface area contributed by atoms with Crippen molar-refractivity contribution in [1.29, 1.82) is 0 Å². The quantitative estimate of drug-likeness (QED) is 0.849. The molecule has 0 spiro atoms. The maximum absolute atomic E-state index is 11.0. The first kappa shape index (κ1) is 12.6. The predicted octanol–water partition coefficient (Wildman–Crippen LogP) is 2.60. The molecule has 1 atom stereocenters. The lowest BCUT2D eigenvalue weighted by Crippen LogP contribution is -2.39. The number of anilines is 1. The number of aryl methyl sites for hydroxylation is 2. The average molecular weight is 221 g/mol. The lowest BCUT2D eigenvalue weighted by Gasteiger charge is -2.29. The molecule has 3 nitrogen and oxygen atoms in total. The number of rotatable bonds is 4. The number of carboxylic acids is 1. The van der Waals surface area contributed by atoms with E-state index < -0.39 is 12.0 Å². The van der Waals surface area contributed by atoms with E-state index >= 15 is 0 Å². The van der Waals surface area contributed by atoms with Gasteiger partial charge in [-0.25, -0.2) is 4.79 Å². The van der Waals surface area contributed by atoms with E-state index in [0.29, 0.717) is 6.54 Å². The third-order valence-electron chi connectivity index (χ3n) is 2.84. The summed E-state index contributed by atoms with van der Waals surface area (Å²) in [5.41, 5.74) is 3.27. The summed E-state index contributed by atoms with van der Waals surface area (Å²) < 4.78 is 0. The number of hydrogen-bond acceptors (Lipinski definition) is 2. The van der Waals surface area contributed by atoms with Crippen LogP contribution < -0.4 is 4.90 Å². The van der Waals surface area contributed by atoms with Crippen LogP contribution in [0.1, 0.15) is 25.0 Å². The van der Waals surface area contributed by atoms with Crippen molar-refractivity contribution in [2.75, 3.05) is 11.4 Å². The molecule has 1 unspecified atom stereocenters. The number of benzene rings is 1. The van der Waals surface area contributed by atoms with Crippen molar-refractivity contribution in [1.82, 2.24) is 0 Å². The summed E-state index contributed by atoms with van der Waals surface area (Å²) in [4.78, 5) is 12.9. The van der Waals surface area contributed by atoms with E-state index in [4.69, 9.17) is 5.11 Å². The molecule has 1 rings (SSSR count). The standard InChI is InChI=1S/C13H19NO2/c1-5-14(11(4)13(15)16)12-8-9(2)6-7-10(12)3/h6-8,11H,5H2,1-4H3,(H,15,16). The second-order valence-corrected chi connectivity index (χ2v) is 4.09. The van der Waals surface area contributed by atoms with Crippen LogP contribution in [0.15, 0.2) is 18.2 Å². The first-order valence-corrected chi connectivity index (χ1v) is 5.54. The van der Waals surface area contributed by atoms with Gasteiger partial charge in [0.25, 0.3) is 0 Å². The fourth-order valence-corrected chi connectivity index (χ4v) is 1.82. The fraction of sp³-hybridized carbons (Fsp3) is 0.462. The highest BCUT2D eigenvalue weighted by molar-refractivity contribution is 5.78. The van der Waals surface area contributed by atoms with Gasteiger partial charge in [0.05, 0.1) is 0 Å². The van der Waals surface area contributed by atoms with E-state index in [9.17, 15) is 4.79 Å². The first-order chi connectivity index (χ1) is 7.47. The molecule has 0 amide bonds. The molecule has 3 heteroatoms. The van der Waals surface area contributed by atoms with Gasteiger partial charge in [-0.05, 0) is 44.9 Å². The summed E-state index contributed by atoms with van der Waals surface area (Å²) in [6.07, 6.45) is 0. The summed E-state index contributed by atoms with van der Waals surface area (Å²) in [5.74, 6) is -0.789. The molecule has 1 N–H and O–H groups in total. The minimum atomic E-state index is -0.789. The van der Waals surface area contributed by atoms with Crippen LogP contribution >= 0.6 is 0 Å². The number of likely N-dealkylation sites (N-methyl/N-ethyl adjacent to an activating group) is 1. The normalized spacial score (nSPS) is 12.2. The van der Waals surface area contributed by atoms with Gasteiger partial charge < -0.3 is 10.0 Å². The minimum Gasteiger partial charge on any atom is -0.480 e. The molecule has 0 heterocycles. The van der Waals surface area contributed by atoms with Crippen molar-refractivity contribution < 1.29 is 9.90 Å². The SMILES string of the molecule is CCN(c1cc(C)ccc1C)C(C)C(=O)O. The third kappa shape index (κ3) is 2.54. The molecular weight excluding hydrogens is 202 g/mol.